The minimum atomic E-state index is -1.11. The van der Waals surface area contributed by atoms with Gasteiger partial charge in [-0.2, -0.15) is 0 Å². The number of unbranched alkanes of at least 4 members (excludes halogenated alkanes) is 2. The number of benzene rings is 2. The molecule has 0 aliphatic carbocycles. The molecule has 1 fully saturated rings. The van der Waals surface area contributed by atoms with Gasteiger partial charge < -0.3 is 57.1 Å². The van der Waals surface area contributed by atoms with E-state index in [1.165, 1.54) is 34.3 Å². The molecular weight excluding hydrogens is 1220 g/mol. The van der Waals surface area contributed by atoms with E-state index in [4.69, 9.17) is 15.2 Å². The molecule has 5 rings (SSSR count). The summed E-state index contributed by atoms with van der Waals surface area (Å²) in [7, 11) is 1.62. The Morgan fingerprint density at radius 1 is 0.796 bits per heavy atom. The topological polar surface area (TPSA) is 364 Å². The monoisotopic (exact) mass is 1310 g/mol. The molecule has 508 valence electrons. The van der Waals surface area contributed by atoms with Crippen molar-refractivity contribution in [3.63, 3.8) is 0 Å². The number of carboxylic acids is 1. The van der Waals surface area contributed by atoms with Crippen LogP contribution in [0.2, 0.25) is 0 Å². The molecule has 1 aromatic heterocycles. The van der Waals surface area contributed by atoms with Crippen LogP contribution in [0.5, 0.6) is 0 Å². The van der Waals surface area contributed by atoms with Gasteiger partial charge >= 0.3 is 24.1 Å². The van der Waals surface area contributed by atoms with Crippen LogP contribution in [-0.4, -0.2) is 159 Å². The normalized spacial score (nSPS) is 16.4. The van der Waals surface area contributed by atoms with Crippen LogP contribution >= 0.6 is 11.3 Å². The molecule has 0 saturated carbocycles. The standard InChI is InChI=1S/C66H93N11O15S/c1-10-41(6)57(63(86)75(9)51(39(2)3)36-52(92-43(8)78)62-72-49(38-93-62)59(83)70-47(34-42(7)64(87)88)35-44-20-13-11-14-21-44)74-60(84)50-23-16-18-32-76(50)66(90)91-37-45-25-27-46(28-26-45)69-58(82)48(22-19-31-68-65(67)89)71-61(85)56(40(4)5)73-53(79)24-15-12-17-33-77-54(80)29-30-55(77)81/h11,13-14,20-21,25-30,38-42,47-48,50-52,56-57H,10,12,15-19,22-24,31-37H2,1-9H3,(H,69,82)(H,70,83)(H,71,85)(H,73,79)(H,74,84)(H,87,88)(H3,67,68,89)/t41-,42-,47+,48-,50+,51+,52+,56-,57-/m0/s1. The van der Waals surface area contributed by atoms with E-state index in [1.807, 2.05) is 58.0 Å². The average molecular weight is 1310 g/mol. The van der Waals surface area contributed by atoms with Gasteiger partial charge in [0.1, 0.15) is 41.5 Å². The summed E-state index contributed by atoms with van der Waals surface area (Å²) in [4.78, 5) is 165. The lowest BCUT2D eigenvalue weighted by Gasteiger charge is -2.38. The molecule has 26 nitrogen and oxygen atoms in total. The number of thiazole rings is 1. The van der Waals surface area contributed by atoms with Gasteiger partial charge in [-0.05, 0) is 98.8 Å². The van der Waals surface area contributed by atoms with Crippen molar-refractivity contribution in [1.82, 2.24) is 46.3 Å². The fraction of sp³-hybridized carbons (Fsp3) is 0.561. The fourth-order valence-corrected chi connectivity index (χ4v) is 11.8. The zero-order valence-corrected chi connectivity index (χ0v) is 55.6. The first kappa shape index (κ1) is 75.0. The average Bonchev–Trinajstić information content (AvgIpc) is 1.69. The molecule has 2 aliphatic rings. The second-order valence-corrected chi connectivity index (χ2v) is 25.5. The van der Waals surface area contributed by atoms with Crippen molar-refractivity contribution in [2.75, 3.05) is 32.0 Å². The summed E-state index contributed by atoms with van der Waals surface area (Å²) < 4.78 is 11.6. The highest BCUT2D eigenvalue weighted by Crippen LogP contribution is 2.32. The first-order valence-corrected chi connectivity index (χ1v) is 32.8. The quantitative estimate of drug-likeness (QED) is 0.0180. The van der Waals surface area contributed by atoms with Gasteiger partial charge in [0.05, 0.1) is 5.92 Å². The van der Waals surface area contributed by atoms with E-state index in [1.54, 1.807) is 52.1 Å². The number of rotatable bonds is 36. The summed E-state index contributed by atoms with van der Waals surface area (Å²) in [5.41, 5.74) is 7.08. The number of nitrogens with one attached hydrogen (secondary N) is 6. The maximum Gasteiger partial charge on any atom is 0.410 e. The lowest BCUT2D eigenvalue weighted by Crippen LogP contribution is -2.59. The number of aromatic nitrogens is 1. The first-order chi connectivity index (χ1) is 44.2. The number of nitrogens with zero attached hydrogens (tertiary/aromatic N) is 4. The van der Waals surface area contributed by atoms with Crippen molar-refractivity contribution >= 4 is 88.3 Å². The number of carbonyl (C=O) groups excluding carboxylic acids is 11. The van der Waals surface area contributed by atoms with Crippen molar-refractivity contribution in [2.45, 2.75) is 188 Å². The Bertz CT molecular complexity index is 3090. The number of hydrogen-bond acceptors (Lipinski definition) is 16. The second-order valence-electron chi connectivity index (χ2n) is 24.6. The molecule has 3 heterocycles. The number of esters is 1. The predicted molar refractivity (Wildman–Crippen MR) is 346 cm³/mol. The maximum atomic E-state index is 14.8. The van der Waals surface area contributed by atoms with Crippen LogP contribution in [0.25, 0.3) is 0 Å². The highest BCUT2D eigenvalue weighted by atomic mass is 32.1. The minimum Gasteiger partial charge on any atom is -0.481 e. The Morgan fingerprint density at radius 3 is 2.11 bits per heavy atom. The number of carboxylic acid groups (broad SMARTS) is 1. The number of piperidine rings is 1. The number of anilines is 1. The van der Waals surface area contributed by atoms with Crippen molar-refractivity contribution in [1.29, 1.82) is 0 Å². The van der Waals surface area contributed by atoms with Gasteiger partial charge in [0.15, 0.2) is 6.10 Å². The highest BCUT2D eigenvalue weighted by Gasteiger charge is 2.40. The van der Waals surface area contributed by atoms with E-state index in [0.29, 0.717) is 67.6 Å². The SMILES string of the molecule is CC[C@H](C)[C@H](NC(=O)[C@H]1CCCCN1C(=O)OCc1ccc(NC(=O)[C@H](CCCNC(N)=O)NC(=O)[C@@H](NC(=O)CCCCCN2C(=O)C=CC2=O)C(C)C)cc1)C(=O)N(C)[C@H](C[C@@H](OC(C)=O)c1nc(C(=O)N[C@@H](Cc2ccccc2)C[C@H](C)C(=O)O)cs1)C(C)C. The lowest BCUT2D eigenvalue weighted by atomic mass is 9.92. The Labute approximate surface area is 547 Å². The van der Waals surface area contributed by atoms with Crippen LogP contribution in [0.15, 0.2) is 72.1 Å². The number of primary amides is 1. The number of likely N-dealkylation sites (N-methyl/N-ethyl adjacent to an activating group) is 1. The first-order valence-electron chi connectivity index (χ1n) is 31.9. The van der Waals surface area contributed by atoms with Crippen LogP contribution in [0.4, 0.5) is 15.3 Å². The number of amides is 11. The van der Waals surface area contributed by atoms with Gasteiger partial charge in [-0.1, -0.05) is 104 Å². The molecule has 0 bridgehead atoms. The summed E-state index contributed by atoms with van der Waals surface area (Å²) in [6.07, 6.45) is 5.29. The van der Waals surface area contributed by atoms with E-state index in [2.05, 4.69) is 36.9 Å². The van der Waals surface area contributed by atoms with Gasteiger partial charge in [0.25, 0.3) is 17.7 Å². The Morgan fingerprint density at radius 2 is 1.48 bits per heavy atom. The van der Waals surface area contributed by atoms with Crippen molar-refractivity contribution < 1.29 is 72.1 Å². The molecule has 0 spiro atoms. The van der Waals surface area contributed by atoms with Crippen LogP contribution in [0.3, 0.4) is 0 Å². The number of nitrogens with two attached hydrogens (primary N) is 1. The minimum absolute atomic E-state index is 0.0514. The predicted octanol–water partition coefficient (Wildman–Crippen LogP) is 6.29. The molecule has 0 unspecified atom stereocenters. The third kappa shape index (κ3) is 23.7. The smallest absolute Gasteiger partial charge is 0.410 e. The van der Waals surface area contributed by atoms with Crippen LogP contribution in [0, 0.1) is 23.7 Å². The number of ether oxygens (including phenoxy) is 2. The molecular formula is C66H93N11O15S. The molecule has 27 heteroatoms. The largest absolute Gasteiger partial charge is 0.481 e. The summed E-state index contributed by atoms with van der Waals surface area (Å²) in [5, 5.41) is 28.2. The molecule has 9 N–H and O–H groups in total. The highest BCUT2D eigenvalue weighted by molar-refractivity contribution is 7.09. The number of carbonyl (C=O) groups is 12. The number of urea groups is 1. The summed E-state index contributed by atoms with van der Waals surface area (Å²) >= 11 is 1.11. The van der Waals surface area contributed by atoms with E-state index >= 15 is 0 Å². The Kier molecular flexibility index (Phi) is 29.9. The zero-order valence-electron chi connectivity index (χ0n) is 54.7. The summed E-state index contributed by atoms with van der Waals surface area (Å²) in [6, 6.07) is 9.81. The summed E-state index contributed by atoms with van der Waals surface area (Å²) in [6.45, 7) is 14.2. The zero-order chi connectivity index (χ0) is 68.5. The fourth-order valence-electron chi connectivity index (χ4n) is 11.0. The van der Waals surface area contributed by atoms with Crippen molar-refractivity contribution in [2.24, 2.45) is 29.4 Å². The number of hydrogen-bond donors (Lipinski definition) is 8. The molecule has 2 aromatic carbocycles. The van der Waals surface area contributed by atoms with Gasteiger partial charge in [-0.3, -0.25) is 57.7 Å². The molecule has 2 aliphatic heterocycles. The molecule has 0 radical (unpaired) electrons. The Hall–Kier alpha value is -8.75. The molecule has 93 heavy (non-hydrogen) atoms. The van der Waals surface area contributed by atoms with Crippen LogP contribution in [0.1, 0.15) is 165 Å². The second kappa shape index (κ2) is 37.1. The van der Waals surface area contributed by atoms with Crippen LogP contribution in [-0.2, 0) is 65.7 Å². The van der Waals surface area contributed by atoms with E-state index < -0.39 is 108 Å². The van der Waals surface area contributed by atoms with Gasteiger partial charge in [-0.25, -0.2) is 14.6 Å². The number of aliphatic carboxylic acids is 1. The third-order valence-electron chi connectivity index (χ3n) is 16.6. The maximum absolute atomic E-state index is 14.8. The van der Waals surface area contributed by atoms with Gasteiger partial charge in [0, 0.05) is 81.8 Å². The van der Waals surface area contributed by atoms with Crippen molar-refractivity contribution in [3.05, 3.63) is 94.0 Å². The van der Waals surface area contributed by atoms with E-state index in [0.717, 1.165) is 21.8 Å². The number of imide groups is 1. The van der Waals surface area contributed by atoms with Gasteiger partial charge in [-0.15, -0.1) is 11.3 Å². The Balaban J connectivity index is 1.19. The lowest BCUT2D eigenvalue weighted by molar-refractivity contribution is -0.149. The van der Waals surface area contributed by atoms with Gasteiger partial charge in [0.2, 0.25) is 29.5 Å². The number of likely N-dealkylation sites (tertiary alicyclic amines) is 1. The molecule has 9 atom stereocenters. The van der Waals surface area contributed by atoms with E-state index in [9.17, 15) is 62.6 Å². The van der Waals surface area contributed by atoms with Crippen LogP contribution < -0.4 is 37.6 Å². The molecule has 11 amide bonds. The molecule has 1 saturated heterocycles. The van der Waals surface area contributed by atoms with Crippen molar-refractivity contribution in [3.8, 4) is 0 Å². The molecule has 3 aromatic rings. The third-order valence-corrected chi connectivity index (χ3v) is 17.5. The van der Waals surface area contributed by atoms with E-state index in [-0.39, 0.29) is 93.6 Å². The summed E-state index contributed by atoms with van der Waals surface area (Å²) in [5.74, 6) is -7.10.